The Morgan fingerprint density at radius 1 is 1.25 bits per heavy atom. The zero-order valence-electron chi connectivity index (χ0n) is 18.4. The summed E-state index contributed by atoms with van der Waals surface area (Å²) in [7, 11) is 0. The van der Waals surface area contributed by atoms with Crippen molar-refractivity contribution in [1.29, 1.82) is 0 Å². The first-order valence-electron chi connectivity index (χ1n) is 10.7. The molecule has 0 radical (unpaired) electrons. The van der Waals surface area contributed by atoms with Crippen molar-refractivity contribution in [3.8, 4) is 11.5 Å². The van der Waals surface area contributed by atoms with E-state index in [0.717, 1.165) is 5.56 Å². The van der Waals surface area contributed by atoms with E-state index in [1.54, 1.807) is 6.07 Å². The van der Waals surface area contributed by atoms with Gasteiger partial charge >= 0.3 is 5.69 Å². The molecular formula is C23H26N4O5. The van der Waals surface area contributed by atoms with Crippen molar-refractivity contribution in [1.82, 2.24) is 19.9 Å². The van der Waals surface area contributed by atoms with Gasteiger partial charge in [-0.2, -0.15) is 0 Å². The van der Waals surface area contributed by atoms with Gasteiger partial charge in [0.2, 0.25) is 0 Å². The topological polar surface area (TPSA) is 115 Å². The second-order valence-corrected chi connectivity index (χ2v) is 7.98. The van der Waals surface area contributed by atoms with E-state index in [-0.39, 0.29) is 29.1 Å². The molecule has 2 aromatic heterocycles. The highest BCUT2D eigenvalue weighted by Gasteiger charge is 2.21. The summed E-state index contributed by atoms with van der Waals surface area (Å²) in [4.78, 5) is 45.2. The van der Waals surface area contributed by atoms with Crippen LogP contribution in [0.15, 0.2) is 33.9 Å². The van der Waals surface area contributed by atoms with Gasteiger partial charge < -0.3 is 14.8 Å². The minimum Gasteiger partial charge on any atom is -0.486 e. The van der Waals surface area contributed by atoms with Crippen molar-refractivity contribution < 1.29 is 14.3 Å². The predicted octanol–water partition coefficient (Wildman–Crippen LogP) is 2.32. The second kappa shape index (κ2) is 8.86. The van der Waals surface area contributed by atoms with Gasteiger partial charge in [-0.25, -0.2) is 9.78 Å². The van der Waals surface area contributed by atoms with Gasteiger partial charge in [-0.15, -0.1) is 0 Å². The number of amides is 1. The van der Waals surface area contributed by atoms with Crippen molar-refractivity contribution in [3.63, 3.8) is 0 Å². The number of aryl methyl sites for hydroxylation is 1. The number of rotatable bonds is 6. The van der Waals surface area contributed by atoms with E-state index in [0.29, 0.717) is 43.4 Å². The normalized spacial score (nSPS) is 12.9. The van der Waals surface area contributed by atoms with Crippen LogP contribution in [-0.4, -0.2) is 33.7 Å². The molecule has 0 unspecified atom stereocenters. The number of aromatic nitrogens is 3. The van der Waals surface area contributed by atoms with Gasteiger partial charge in [0.1, 0.15) is 13.2 Å². The molecule has 168 valence electrons. The Morgan fingerprint density at radius 2 is 2.03 bits per heavy atom. The minimum atomic E-state index is -0.626. The van der Waals surface area contributed by atoms with Crippen molar-refractivity contribution in [3.05, 3.63) is 61.9 Å². The molecular weight excluding hydrogens is 412 g/mol. The van der Waals surface area contributed by atoms with Gasteiger partial charge in [-0.3, -0.25) is 19.1 Å². The summed E-state index contributed by atoms with van der Waals surface area (Å²) in [5, 5.41) is 2.98. The first kappa shape index (κ1) is 21.6. The maximum atomic E-state index is 13.2. The fourth-order valence-corrected chi connectivity index (χ4v) is 3.74. The molecule has 0 atom stereocenters. The number of fused-ring (bicyclic) bond motifs is 2. The number of nitrogens with zero attached hydrogens (tertiary/aromatic N) is 2. The van der Waals surface area contributed by atoms with Crippen LogP contribution in [0.1, 0.15) is 54.7 Å². The van der Waals surface area contributed by atoms with E-state index in [4.69, 9.17) is 9.47 Å². The second-order valence-electron chi connectivity index (χ2n) is 7.98. The molecule has 3 heterocycles. The van der Waals surface area contributed by atoms with Crippen LogP contribution in [0.4, 0.5) is 0 Å². The number of pyridine rings is 1. The molecule has 0 fully saturated rings. The molecule has 1 aliphatic heterocycles. The Bertz CT molecular complexity index is 1290. The molecule has 0 saturated heterocycles. The van der Waals surface area contributed by atoms with Crippen molar-refractivity contribution >= 4 is 16.9 Å². The molecule has 0 bridgehead atoms. The lowest BCUT2D eigenvalue weighted by Gasteiger charge is -2.21. The van der Waals surface area contributed by atoms with Crippen molar-refractivity contribution in [2.75, 3.05) is 13.2 Å². The highest BCUT2D eigenvalue weighted by Crippen LogP contribution is 2.33. The molecule has 9 nitrogen and oxygen atoms in total. The first-order valence-corrected chi connectivity index (χ1v) is 10.7. The molecule has 0 spiro atoms. The van der Waals surface area contributed by atoms with E-state index in [1.165, 1.54) is 4.57 Å². The average molecular weight is 438 g/mol. The number of carbonyl (C=O) groups is 1. The third-order valence-electron chi connectivity index (χ3n) is 5.34. The molecule has 0 saturated carbocycles. The minimum absolute atomic E-state index is 0.00195. The van der Waals surface area contributed by atoms with Crippen molar-refractivity contribution in [2.24, 2.45) is 0 Å². The number of para-hydroxylation sites is 1. The monoisotopic (exact) mass is 438 g/mol. The molecule has 2 N–H and O–H groups in total. The van der Waals surface area contributed by atoms with Crippen LogP contribution in [0.5, 0.6) is 11.5 Å². The van der Waals surface area contributed by atoms with E-state index < -0.39 is 17.2 Å². The maximum Gasteiger partial charge on any atom is 0.329 e. The van der Waals surface area contributed by atoms with Gasteiger partial charge in [-0.1, -0.05) is 32.9 Å². The number of hydrogen-bond acceptors (Lipinski definition) is 6. The maximum absolute atomic E-state index is 13.2. The number of nitrogens with one attached hydrogen (secondary N) is 2. The Labute approximate surface area is 184 Å². The predicted molar refractivity (Wildman–Crippen MR) is 120 cm³/mol. The van der Waals surface area contributed by atoms with Gasteiger partial charge in [0.05, 0.1) is 10.9 Å². The van der Waals surface area contributed by atoms with E-state index >= 15 is 0 Å². The first-order chi connectivity index (χ1) is 15.4. The third kappa shape index (κ3) is 3.98. The SMILES string of the molecule is CCCn1c(=O)[nH]c(=O)c2c(C(=O)NCc3cccc4c3OCCO4)cc(C(C)C)nc21. The summed E-state index contributed by atoms with van der Waals surface area (Å²) >= 11 is 0. The van der Waals surface area contributed by atoms with Crippen LogP contribution in [0.3, 0.4) is 0 Å². The van der Waals surface area contributed by atoms with Crippen LogP contribution < -0.4 is 26.0 Å². The highest BCUT2D eigenvalue weighted by molar-refractivity contribution is 6.05. The molecule has 9 heteroatoms. The number of benzene rings is 1. The van der Waals surface area contributed by atoms with Crippen LogP contribution >= 0.6 is 0 Å². The third-order valence-corrected chi connectivity index (χ3v) is 5.34. The quantitative estimate of drug-likeness (QED) is 0.610. The van der Waals surface area contributed by atoms with Gasteiger partial charge in [0.25, 0.3) is 11.5 Å². The van der Waals surface area contributed by atoms with Crippen LogP contribution in [0.25, 0.3) is 11.0 Å². The fraction of sp³-hybridized carbons (Fsp3) is 0.391. The molecule has 32 heavy (non-hydrogen) atoms. The number of H-pyrrole nitrogens is 1. The molecule has 1 aliphatic rings. The Balaban J connectivity index is 1.76. The van der Waals surface area contributed by atoms with Gasteiger partial charge in [0.15, 0.2) is 17.1 Å². The van der Waals surface area contributed by atoms with Crippen LogP contribution in [-0.2, 0) is 13.1 Å². The summed E-state index contributed by atoms with van der Waals surface area (Å²) in [6.07, 6.45) is 0.678. The number of aromatic amines is 1. The Morgan fingerprint density at radius 3 is 2.78 bits per heavy atom. The standard InChI is InChI=1S/C23H26N4O5/c1-4-8-27-20-18(22(29)26-23(27)30)15(11-16(25-20)13(2)3)21(28)24-12-14-6-5-7-17-19(14)32-10-9-31-17/h5-7,11,13H,4,8-10,12H2,1-3H3,(H,24,28)(H,26,29,30). The van der Waals surface area contributed by atoms with Gasteiger partial charge in [0, 0.05) is 24.3 Å². The lowest BCUT2D eigenvalue weighted by Crippen LogP contribution is -2.33. The number of carbonyl (C=O) groups excluding carboxylic acids is 1. The molecule has 4 rings (SSSR count). The van der Waals surface area contributed by atoms with E-state index in [9.17, 15) is 14.4 Å². The molecule has 0 aliphatic carbocycles. The summed E-state index contributed by atoms with van der Waals surface area (Å²) in [5.41, 5.74) is 0.662. The summed E-state index contributed by atoms with van der Waals surface area (Å²) in [6, 6.07) is 7.13. The zero-order valence-corrected chi connectivity index (χ0v) is 18.4. The summed E-state index contributed by atoms with van der Waals surface area (Å²) in [5.74, 6) is 0.818. The number of ether oxygens (including phenoxy) is 2. The summed E-state index contributed by atoms with van der Waals surface area (Å²) in [6.45, 7) is 7.31. The fourth-order valence-electron chi connectivity index (χ4n) is 3.74. The highest BCUT2D eigenvalue weighted by atomic mass is 16.6. The largest absolute Gasteiger partial charge is 0.486 e. The molecule has 3 aromatic rings. The van der Waals surface area contributed by atoms with Crippen LogP contribution in [0, 0.1) is 0 Å². The Hall–Kier alpha value is -3.62. The number of hydrogen-bond donors (Lipinski definition) is 2. The van der Waals surface area contributed by atoms with E-state index in [1.807, 2.05) is 39.0 Å². The molecule has 1 aromatic carbocycles. The van der Waals surface area contributed by atoms with Crippen LogP contribution in [0.2, 0.25) is 0 Å². The Kier molecular flexibility index (Phi) is 5.98. The average Bonchev–Trinajstić information content (AvgIpc) is 2.79. The zero-order chi connectivity index (χ0) is 22.8. The van der Waals surface area contributed by atoms with E-state index in [2.05, 4.69) is 15.3 Å². The van der Waals surface area contributed by atoms with Gasteiger partial charge in [-0.05, 0) is 24.5 Å². The van der Waals surface area contributed by atoms with Crippen molar-refractivity contribution in [2.45, 2.75) is 46.2 Å². The summed E-state index contributed by atoms with van der Waals surface area (Å²) < 4.78 is 12.7. The lowest BCUT2D eigenvalue weighted by atomic mass is 10.0. The molecule has 1 amide bonds. The smallest absolute Gasteiger partial charge is 0.329 e. The lowest BCUT2D eigenvalue weighted by molar-refractivity contribution is 0.0951.